The number of rotatable bonds is 1. The molecule has 0 saturated heterocycles. The summed E-state index contributed by atoms with van der Waals surface area (Å²) in [6.07, 6.45) is 1.66. The Morgan fingerprint density at radius 2 is 1.93 bits per heavy atom. The molecule has 0 amide bonds. The predicted octanol–water partition coefficient (Wildman–Crippen LogP) is 3.11. The number of halogens is 1. The fourth-order valence-corrected chi connectivity index (χ4v) is 1.43. The second kappa shape index (κ2) is 3.76. The molecule has 0 N–H and O–H groups in total. The Morgan fingerprint density at radius 3 is 2.64 bits per heavy atom. The Kier molecular flexibility index (Phi) is 2.46. The van der Waals surface area contributed by atoms with Crippen molar-refractivity contribution in [1.82, 2.24) is 9.97 Å². The molecule has 0 aliphatic heterocycles. The molecule has 1 aromatic carbocycles. The zero-order chi connectivity index (χ0) is 9.97. The van der Waals surface area contributed by atoms with E-state index in [1.54, 1.807) is 12.3 Å². The molecule has 0 spiro atoms. The lowest BCUT2D eigenvalue weighted by Crippen LogP contribution is -1.90. The first kappa shape index (κ1) is 9.16. The minimum absolute atomic E-state index is 0.471. The van der Waals surface area contributed by atoms with Gasteiger partial charge in [0.1, 0.15) is 5.15 Å². The van der Waals surface area contributed by atoms with E-state index in [0.717, 1.165) is 11.1 Å². The van der Waals surface area contributed by atoms with Crippen molar-refractivity contribution in [3.63, 3.8) is 0 Å². The Balaban J connectivity index is 2.55. The Bertz CT molecular complexity index is 455. The molecule has 70 valence electrons. The van der Waals surface area contributed by atoms with Gasteiger partial charge in [-0.2, -0.15) is 0 Å². The molecular formula is C11H9ClN2. The lowest BCUT2D eigenvalue weighted by molar-refractivity contribution is 1.17. The van der Waals surface area contributed by atoms with Gasteiger partial charge in [0.15, 0.2) is 5.82 Å². The number of aryl methyl sites for hydroxylation is 1. The van der Waals surface area contributed by atoms with Crippen LogP contribution in [0.15, 0.2) is 36.5 Å². The van der Waals surface area contributed by atoms with Crippen LogP contribution in [0.3, 0.4) is 0 Å². The van der Waals surface area contributed by atoms with Gasteiger partial charge in [-0.05, 0) is 18.6 Å². The molecule has 1 aromatic heterocycles. The van der Waals surface area contributed by atoms with Crippen molar-refractivity contribution >= 4 is 11.6 Å². The minimum atomic E-state index is 0.471. The summed E-state index contributed by atoms with van der Waals surface area (Å²) in [6, 6.07) is 9.64. The monoisotopic (exact) mass is 204 g/mol. The first-order valence-corrected chi connectivity index (χ1v) is 4.70. The van der Waals surface area contributed by atoms with Crippen molar-refractivity contribution in [2.45, 2.75) is 6.92 Å². The van der Waals surface area contributed by atoms with Crippen molar-refractivity contribution < 1.29 is 0 Å². The summed E-state index contributed by atoms with van der Waals surface area (Å²) in [7, 11) is 0. The van der Waals surface area contributed by atoms with E-state index >= 15 is 0 Å². The fraction of sp³-hybridized carbons (Fsp3) is 0.0909. The smallest absolute Gasteiger partial charge is 0.161 e. The maximum atomic E-state index is 5.80. The van der Waals surface area contributed by atoms with Crippen LogP contribution in [0.2, 0.25) is 5.15 Å². The molecule has 0 bridgehead atoms. The summed E-state index contributed by atoms with van der Waals surface area (Å²) in [4.78, 5) is 8.33. The highest BCUT2D eigenvalue weighted by Gasteiger charge is 2.03. The van der Waals surface area contributed by atoms with E-state index in [9.17, 15) is 0 Å². The third-order valence-electron chi connectivity index (χ3n) is 2.01. The summed E-state index contributed by atoms with van der Waals surface area (Å²) in [6.45, 7) is 2.03. The lowest BCUT2D eigenvalue weighted by Gasteiger charge is -2.03. The second-order valence-electron chi connectivity index (χ2n) is 3.02. The number of hydrogen-bond donors (Lipinski definition) is 0. The maximum Gasteiger partial charge on any atom is 0.161 e. The summed E-state index contributed by atoms with van der Waals surface area (Å²) < 4.78 is 0. The molecule has 0 atom stereocenters. The molecule has 0 aliphatic carbocycles. The maximum absolute atomic E-state index is 5.80. The van der Waals surface area contributed by atoms with Crippen molar-refractivity contribution in [3.8, 4) is 11.4 Å². The van der Waals surface area contributed by atoms with Gasteiger partial charge in [0.05, 0.1) is 0 Å². The van der Waals surface area contributed by atoms with Crippen LogP contribution < -0.4 is 0 Å². The number of nitrogens with zero attached hydrogens (tertiary/aromatic N) is 2. The van der Waals surface area contributed by atoms with Crippen molar-refractivity contribution in [1.29, 1.82) is 0 Å². The van der Waals surface area contributed by atoms with Gasteiger partial charge < -0.3 is 0 Å². The predicted molar refractivity (Wildman–Crippen MR) is 57.2 cm³/mol. The third-order valence-corrected chi connectivity index (χ3v) is 2.22. The number of hydrogen-bond acceptors (Lipinski definition) is 2. The van der Waals surface area contributed by atoms with Crippen molar-refractivity contribution in [3.05, 3.63) is 47.2 Å². The van der Waals surface area contributed by atoms with Crippen LogP contribution in [-0.2, 0) is 0 Å². The van der Waals surface area contributed by atoms with Crippen LogP contribution in [0.4, 0.5) is 0 Å². The summed E-state index contributed by atoms with van der Waals surface area (Å²) in [5, 5.41) is 0.471. The molecule has 2 rings (SSSR count). The standard InChI is InChI=1S/C11H9ClN2/c1-8-4-2-3-5-9(8)11-13-7-6-10(12)14-11/h2-7H,1H3. The molecule has 0 fully saturated rings. The quantitative estimate of drug-likeness (QED) is 0.667. The van der Waals surface area contributed by atoms with Gasteiger partial charge >= 0.3 is 0 Å². The highest BCUT2D eigenvalue weighted by molar-refractivity contribution is 6.29. The zero-order valence-electron chi connectivity index (χ0n) is 7.74. The normalized spacial score (nSPS) is 10.1. The van der Waals surface area contributed by atoms with Gasteiger partial charge in [-0.25, -0.2) is 9.97 Å². The molecule has 2 nitrogen and oxygen atoms in total. The SMILES string of the molecule is Cc1ccccc1-c1nccc(Cl)n1. The Morgan fingerprint density at radius 1 is 1.14 bits per heavy atom. The fourth-order valence-electron chi connectivity index (χ4n) is 1.29. The van der Waals surface area contributed by atoms with E-state index in [4.69, 9.17) is 11.6 Å². The van der Waals surface area contributed by atoms with Gasteiger partial charge in [0, 0.05) is 11.8 Å². The minimum Gasteiger partial charge on any atom is -0.236 e. The van der Waals surface area contributed by atoms with Crippen molar-refractivity contribution in [2.75, 3.05) is 0 Å². The Labute approximate surface area is 87.6 Å². The zero-order valence-corrected chi connectivity index (χ0v) is 8.49. The van der Waals surface area contributed by atoms with Gasteiger partial charge in [0.25, 0.3) is 0 Å². The average molecular weight is 205 g/mol. The summed E-state index contributed by atoms with van der Waals surface area (Å²) >= 11 is 5.80. The highest BCUT2D eigenvalue weighted by atomic mass is 35.5. The van der Waals surface area contributed by atoms with Crippen LogP contribution in [0, 0.1) is 6.92 Å². The topological polar surface area (TPSA) is 25.8 Å². The first-order valence-electron chi connectivity index (χ1n) is 4.32. The van der Waals surface area contributed by atoms with Crippen LogP contribution >= 0.6 is 11.6 Å². The molecule has 1 heterocycles. The molecule has 0 saturated carbocycles. The van der Waals surface area contributed by atoms with Crippen LogP contribution in [0.5, 0.6) is 0 Å². The molecule has 0 radical (unpaired) electrons. The summed E-state index contributed by atoms with van der Waals surface area (Å²) in [5.41, 5.74) is 2.17. The van der Waals surface area contributed by atoms with Gasteiger partial charge in [-0.15, -0.1) is 0 Å². The molecular weight excluding hydrogens is 196 g/mol. The summed E-state index contributed by atoms with van der Waals surface area (Å²) in [5.74, 6) is 0.676. The van der Waals surface area contributed by atoms with Crippen LogP contribution in [-0.4, -0.2) is 9.97 Å². The van der Waals surface area contributed by atoms with Gasteiger partial charge in [-0.3, -0.25) is 0 Å². The Hall–Kier alpha value is -1.41. The lowest BCUT2D eigenvalue weighted by atomic mass is 10.1. The molecule has 0 unspecified atom stereocenters. The van der Waals surface area contributed by atoms with Gasteiger partial charge in [-0.1, -0.05) is 35.9 Å². The van der Waals surface area contributed by atoms with E-state index in [2.05, 4.69) is 9.97 Å². The molecule has 2 aromatic rings. The van der Waals surface area contributed by atoms with Crippen molar-refractivity contribution in [2.24, 2.45) is 0 Å². The highest BCUT2D eigenvalue weighted by Crippen LogP contribution is 2.19. The largest absolute Gasteiger partial charge is 0.236 e. The van der Waals surface area contributed by atoms with Crippen LogP contribution in [0.25, 0.3) is 11.4 Å². The third kappa shape index (κ3) is 1.75. The first-order chi connectivity index (χ1) is 6.77. The number of aromatic nitrogens is 2. The van der Waals surface area contributed by atoms with E-state index < -0.39 is 0 Å². The molecule has 0 aliphatic rings. The molecule has 3 heteroatoms. The molecule has 14 heavy (non-hydrogen) atoms. The van der Waals surface area contributed by atoms with E-state index in [1.807, 2.05) is 31.2 Å². The second-order valence-corrected chi connectivity index (χ2v) is 3.41. The van der Waals surface area contributed by atoms with Crippen LogP contribution in [0.1, 0.15) is 5.56 Å². The average Bonchev–Trinajstić information content (AvgIpc) is 2.18. The van der Waals surface area contributed by atoms with E-state index in [1.165, 1.54) is 0 Å². The van der Waals surface area contributed by atoms with E-state index in [0.29, 0.717) is 11.0 Å². The van der Waals surface area contributed by atoms with E-state index in [-0.39, 0.29) is 0 Å². The number of benzene rings is 1. The van der Waals surface area contributed by atoms with Gasteiger partial charge in [0.2, 0.25) is 0 Å².